The summed E-state index contributed by atoms with van der Waals surface area (Å²) in [6.07, 6.45) is 1.34. The highest BCUT2D eigenvalue weighted by Gasteiger charge is 2.34. The van der Waals surface area contributed by atoms with Gasteiger partial charge in [0.05, 0.1) is 5.57 Å². The van der Waals surface area contributed by atoms with Crippen LogP contribution in [0.2, 0.25) is 0 Å². The van der Waals surface area contributed by atoms with Crippen LogP contribution in [-0.2, 0) is 14.3 Å². The minimum Gasteiger partial charge on any atom is -0.511 e. The molecule has 1 rings (SSSR count). The number of carbonyl (C=O) groups is 3. The first-order chi connectivity index (χ1) is 12.1. The molecule has 0 saturated heterocycles. The zero-order chi connectivity index (χ0) is 19.9. The van der Waals surface area contributed by atoms with Crippen LogP contribution < -0.4 is 5.32 Å². The number of nitrogens with one attached hydrogen (secondary N) is 1. The van der Waals surface area contributed by atoms with Crippen molar-refractivity contribution in [2.45, 2.75) is 46.1 Å². The van der Waals surface area contributed by atoms with Crippen molar-refractivity contribution in [1.29, 1.82) is 0 Å². The second-order valence-electron chi connectivity index (χ2n) is 6.93. The number of Topliss-reactive ketones (excluding diaryl/α,β-unsaturated/α-hetero) is 1. The number of allylic oxidation sites excluding steroid dienone is 2. The van der Waals surface area contributed by atoms with Crippen molar-refractivity contribution in [3.05, 3.63) is 24.0 Å². The van der Waals surface area contributed by atoms with E-state index < -0.39 is 18.1 Å². The van der Waals surface area contributed by atoms with Crippen LogP contribution in [0.15, 0.2) is 29.0 Å². The first-order valence-electron chi connectivity index (χ1n) is 8.32. The number of aliphatic hydroxyl groups is 1. The van der Waals surface area contributed by atoms with Gasteiger partial charge in [-0.05, 0) is 18.8 Å². The molecule has 0 aromatic carbocycles. The third kappa shape index (κ3) is 6.34. The maximum atomic E-state index is 12.3. The number of aliphatic hydroxyl groups excluding tert-OH is 1. The van der Waals surface area contributed by atoms with Gasteiger partial charge in [-0.25, -0.2) is 9.59 Å². The summed E-state index contributed by atoms with van der Waals surface area (Å²) in [6, 6.07) is -1.15. The van der Waals surface area contributed by atoms with Gasteiger partial charge < -0.3 is 20.3 Å². The highest BCUT2D eigenvalue weighted by atomic mass is 16.5. The van der Waals surface area contributed by atoms with Crippen molar-refractivity contribution in [3.8, 4) is 0 Å². The lowest BCUT2D eigenvalue weighted by molar-refractivity contribution is -0.138. The van der Waals surface area contributed by atoms with Crippen LogP contribution in [-0.4, -0.2) is 53.0 Å². The van der Waals surface area contributed by atoms with Gasteiger partial charge in [0.15, 0.2) is 5.78 Å². The summed E-state index contributed by atoms with van der Waals surface area (Å²) in [5.41, 5.74) is -0.0640. The van der Waals surface area contributed by atoms with Crippen molar-refractivity contribution >= 4 is 23.6 Å². The predicted octanol–water partition coefficient (Wildman–Crippen LogP) is 2.40. The molecule has 1 atom stereocenters. The van der Waals surface area contributed by atoms with Crippen LogP contribution in [0, 0.1) is 5.41 Å². The Bertz CT molecular complexity index is 648. The number of hydrogen-bond acceptors (Lipinski definition) is 6. The van der Waals surface area contributed by atoms with E-state index in [1.807, 2.05) is 13.8 Å². The fourth-order valence-corrected chi connectivity index (χ4v) is 2.74. The quantitative estimate of drug-likeness (QED) is 0.447. The molecule has 0 aromatic heterocycles. The number of carboxylic acid groups (broad SMARTS) is 1. The highest BCUT2D eigenvalue weighted by molar-refractivity contribution is 6.22. The van der Waals surface area contributed by atoms with Gasteiger partial charge >= 0.3 is 12.1 Å². The van der Waals surface area contributed by atoms with E-state index in [9.17, 15) is 24.6 Å². The molecule has 8 heteroatoms. The van der Waals surface area contributed by atoms with Gasteiger partial charge in [0.25, 0.3) is 0 Å². The Morgan fingerprint density at radius 2 is 2.08 bits per heavy atom. The number of nitrogens with zero attached hydrogens (tertiary/aromatic N) is 1. The monoisotopic (exact) mass is 366 g/mol. The van der Waals surface area contributed by atoms with E-state index in [1.165, 1.54) is 13.0 Å². The number of ketones is 1. The Labute approximate surface area is 152 Å². The molecular weight excluding hydrogens is 340 g/mol. The lowest BCUT2D eigenvalue weighted by Crippen LogP contribution is -2.32. The zero-order valence-corrected chi connectivity index (χ0v) is 15.4. The highest BCUT2D eigenvalue weighted by Crippen LogP contribution is 2.36. The molecule has 8 nitrogen and oxygen atoms in total. The van der Waals surface area contributed by atoms with E-state index >= 15 is 0 Å². The van der Waals surface area contributed by atoms with Crippen molar-refractivity contribution in [3.63, 3.8) is 0 Å². The molecule has 1 unspecified atom stereocenters. The molecular formula is C18H26N2O6. The smallest absolute Gasteiger partial charge is 0.407 e. The Morgan fingerprint density at radius 1 is 1.42 bits per heavy atom. The average molecular weight is 366 g/mol. The molecule has 1 aliphatic carbocycles. The van der Waals surface area contributed by atoms with E-state index in [0.717, 1.165) is 0 Å². The fraction of sp³-hybridized carbons (Fsp3) is 0.556. The van der Waals surface area contributed by atoms with Crippen molar-refractivity contribution < 1.29 is 29.3 Å². The van der Waals surface area contributed by atoms with Gasteiger partial charge in [0.2, 0.25) is 0 Å². The SMILES string of the molecule is C=CCOC(=O)NCCC(N=C(C)C1=C(O)CC(C)(C)CC1=O)C(=O)O. The number of alkyl carbamates (subject to hydrolysis) is 1. The Morgan fingerprint density at radius 3 is 2.62 bits per heavy atom. The number of amides is 1. The third-order valence-electron chi connectivity index (χ3n) is 3.87. The van der Waals surface area contributed by atoms with E-state index in [2.05, 4.69) is 16.9 Å². The van der Waals surface area contributed by atoms with Crippen LogP contribution in [0.25, 0.3) is 0 Å². The second-order valence-corrected chi connectivity index (χ2v) is 6.93. The van der Waals surface area contributed by atoms with Gasteiger partial charge in [-0.1, -0.05) is 26.5 Å². The third-order valence-corrected chi connectivity index (χ3v) is 3.87. The summed E-state index contributed by atoms with van der Waals surface area (Å²) in [7, 11) is 0. The van der Waals surface area contributed by atoms with Crippen LogP contribution in [0.4, 0.5) is 4.79 Å². The first-order valence-corrected chi connectivity index (χ1v) is 8.32. The molecule has 1 amide bonds. The Hall–Kier alpha value is -2.64. The molecule has 0 spiro atoms. The van der Waals surface area contributed by atoms with Crippen molar-refractivity contribution in [2.75, 3.05) is 13.2 Å². The van der Waals surface area contributed by atoms with E-state index in [1.54, 1.807) is 0 Å². The number of aliphatic carboxylic acids is 1. The predicted molar refractivity (Wildman–Crippen MR) is 96.4 cm³/mol. The summed E-state index contributed by atoms with van der Waals surface area (Å²) in [5.74, 6) is -1.51. The minimum atomic E-state index is -1.19. The van der Waals surface area contributed by atoms with Crippen molar-refractivity contribution in [1.82, 2.24) is 5.32 Å². The summed E-state index contributed by atoms with van der Waals surface area (Å²) in [6.45, 7) is 8.76. The lowest BCUT2D eigenvalue weighted by Gasteiger charge is -2.29. The number of hydrogen-bond donors (Lipinski definition) is 3. The summed E-state index contributed by atoms with van der Waals surface area (Å²) >= 11 is 0. The number of aliphatic imine (C=N–C) groups is 1. The normalized spacial score (nSPS) is 18.3. The molecule has 144 valence electrons. The van der Waals surface area contributed by atoms with Crippen LogP contribution >= 0.6 is 0 Å². The number of ether oxygens (including phenoxy) is 1. The number of carboxylic acids is 1. The minimum absolute atomic E-state index is 0.0174. The standard InChI is InChI=1S/C18H26N2O6/c1-5-8-26-17(25)19-7-6-12(16(23)24)20-11(2)15-13(21)9-18(3,4)10-14(15)22/h5,12,21H,1,6-10H2,2-4H3,(H,19,25)(H,23,24). The molecule has 0 heterocycles. The van der Waals surface area contributed by atoms with E-state index in [0.29, 0.717) is 6.42 Å². The zero-order valence-electron chi connectivity index (χ0n) is 15.4. The largest absolute Gasteiger partial charge is 0.511 e. The van der Waals surface area contributed by atoms with E-state index in [4.69, 9.17) is 4.74 Å². The number of carbonyl (C=O) groups excluding carboxylic acids is 2. The molecule has 26 heavy (non-hydrogen) atoms. The Balaban J connectivity index is 2.81. The molecule has 0 aliphatic heterocycles. The Kier molecular flexibility index (Phi) is 7.55. The van der Waals surface area contributed by atoms with Crippen molar-refractivity contribution in [2.24, 2.45) is 10.4 Å². The molecule has 3 N–H and O–H groups in total. The van der Waals surface area contributed by atoms with Gasteiger partial charge in [-0.2, -0.15) is 0 Å². The van der Waals surface area contributed by atoms with Gasteiger partial charge in [0.1, 0.15) is 18.4 Å². The average Bonchev–Trinajstić information content (AvgIpc) is 2.49. The van der Waals surface area contributed by atoms with E-state index in [-0.39, 0.29) is 54.2 Å². The summed E-state index contributed by atoms with van der Waals surface area (Å²) < 4.78 is 4.72. The van der Waals surface area contributed by atoms with Gasteiger partial charge in [-0.15, -0.1) is 0 Å². The molecule has 0 radical (unpaired) electrons. The lowest BCUT2D eigenvalue weighted by atomic mass is 9.76. The summed E-state index contributed by atoms with van der Waals surface area (Å²) in [4.78, 5) is 39.1. The molecule has 0 fully saturated rings. The fourth-order valence-electron chi connectivity index (χ4n) is 2.74. The van der Waals surface area contributed by atoms with Crippen LogP contribution in [0.3, 0.4) is 0 Å². The second kappa shape index (κ2) is 9.17. The molecule has 0 bridgehead atoms. The summed E-state index contributed by atoms with van der Waals surface area (Å²) in [5, 5.41) is 21.9. The maximum Gasteiger partial charge on any atom is 0.407 e. The number of rotatable bonds is 8. The topological polar surface area (TPSA) is 125 Å². The molecule has 0 aromatic rings. The van der Waals surface area contributed by atoms with Crippen LogP contribution in [0.1, 0.15) is 40.0 Å². The van der Waals surface area contributed by atoms with Crippen LogP contribution in [0.5, 0.6) is 0 Å². The van der Waals surface area contributed by atoms with Gasteiger partial charge in [-0.3, -0.25) is 9.79 Å². The maximum absolute atomic E-state index is 12.3. The first kappa shape index (κ1) is 21.4. The molecule has 0 saturated carbocycles. The van der Waals surface area contributed by atoms with Gasteiger partial charge in [0, 0.05) is 25.1 Å². The molecule has 1 aliphatic rings.